The summed E-state index contributed by atoms with van der Waals surface area (Å²) in [7, 11) is 4.02. The van der Waals surface area contributed by atoms with Gasteiger partial charge in [-0.15, -0.1) is 0 Å². The van der Waals surface area contributed by atoms with E-state index in [2.05, 4.69) is 37.8 Å². The van der Waals surface area contributed by atoms with Gasteiger partial charge < -0.3 is 15.1 Å². The number of rotatable bonds is 11. The molecule has 2 N–H and O–H groups in total. The van der Waals surface area contributed by atoms with E-state index in [0.717, 1.165) is 30.7 Å². The van der Waals surface area contributed by atoms with Crippen molar-refractivity contribution in [1.29, 1.82) is 0 Å². The molecule has 0 saturated heterocycles. The molecule has 3 nitrogen and oxygen atoms in total. The fourth-order valence-electron chi connectivity index (χ4n) is 3.20. The van der Waals surface area contributed by atoms with E-state index < -0.39 is 0 Å². The lowest BCUT2D eigenvalue weighted by Gasteiger charge is -2.29. The maximum absolute atomic E-state index is 10.6. The van der Waals surface area contributed by atoms with Crippen LogP contribution in [0.4, 0.5) is 0 Å². The maximum Gasteiger partial charge on any atom is 0.115 e. The van der Waals surface area contributed by atoms with E-state index in [9.17, 15) is 10.2 Å². The van der Waals surface area contributed by atoms with Gasteiger partial charge in [0.05, 0.1) is 6.10 Å². The van der Waals surface area contributed by atoms with Crippen molar-refractivity contribution >= 4 is 0 Å². The summed E-state index contributed by atoms with van der Waals surface area (Å²) in [5, 5.41) is 20.0. The Morgan fingerprint density at radius 3 is 2.32 bits per heavy atom. The summed E-state index contributed by atoms with van der Waals surface area (Å²) in [4.78, 5) is 2.09. The van der Waals surface area contributed by atoms with Gasteiger partial charge in [0.15, 0.2) is 0 Å². The Labute approximate surface area is 154 Å². The SMILES string of the molecule is CC[C@@H](C)C[C@@H](C)/C=C\CC[C@@H](O)[C@H](Cc1ccc(O)cc1)N(C)C. The summed E-state index contributed by atoms with van der Waals surface area (Å²) < 4.78 is 0. The molecule has 0 fully saturated rings. The van der Waals surface area contributed by atoms with Crippen LogP contribution >= 0.6 is 0 Å². The maximum atomic E-state index is 10.6. The summed E-state index contributed by atoms with van der Waals surface area (Å²) in [5.41, 5.74) is 1.13. The van der Waals surface area contributed by atoms with Crippen LogP contribution in [-0.2, 0) is 6.42 Å². The van der Waals surface area contributed by atoms with Crippen LogP contribution in [0.1, 0.15) is 52.0 Å². The molecule has 0 aliphatic heterocycles. The number of benzene rings is 1. The highest BCUT2D eigenvalue weighted by atomic mass is 16.3. The normalized spacial score (nSPS) is 16.9. The van der Waals surface area contributed by atoms with E-state index >= 15 is 0 Å². The molecule has 3 heteroatoms. The van der Waals surface area contributed by atoms with Crippen molar-refractivity contribution in [1.82, 2.24) is 4.90 Å². The van der Waals surface area contributed by atoms with Crippen LogP contribution in [0, 0.1) is 11.8 Å². The Morgan fingerprint density at radius 1 is 1.12 bits per heavy atom. The van der Waals surface area contributed by atoms with Gasteiger partial charge in [-0.25, -0.2) is 0 Å². The van der Waals surface area contributed by atoms with Gasteiger partial charge in [-0.3, -0.25) is 0 Å². The number of likely N-dealkylation sites (N-methyl/N-ethyl adjacent to an activating group) is 1. The van der Waals surface area contributed by atoms with Gasteiger partial charge >= 0.3 is 0 Å². The quantitative estimate of drug-likeness (QED) is 0.573. The van der Waals surface area contributed by atoms with E-state index in [1.165, 1.54) is 12.8 Å². The molecule has 1 aromatic carbocycles. The number of aromatic hydroxyl groups is 1. The molecule has 4 atom stereocenters. The number of hydrogen-bond donors (Lipinski definition) is 2. The Kier molecular flexibility index (Phi) is 9.84. The molecule has 0 aliphatic rings. The molecule has 0 heterocycles. The molecule has 1 rings (SSSR count). The second-order valence-corrected chi connectivity index (χ2v) is 7.70. The summed E-state index contributed by atoms with van der Waals surface area (Å²) in [6, 6.07) is 7.34. The largest absolute Gasteiger partial charge is 0.508 e. The van der Waals surface area contributed by atoms with Crippen LogP contribution in [-0.4, -0.2) is 41.4 Å². The minimum absolute atomic E-state index is 0.0791. The van der Waals surface area contributed by atoms with Gasteiger partial charge in [0, 0.05) is 6.04 Å². The van der Waals surface area contributed by atoms with E-state index in [1.54, 1.807) is 12.1 Å². The molecular formula is C22H37NO2. The predicted octanol–water partition coefficient (Wildman–Crippen LogP) is 4.63. The summed E-state index contributed by atoms with van der Waals surface area (Å²) in [6.07, 6.45) is 9.09. The molecule has 0 amide bonds. The van der Waals surface area contributed by atoms with Crippen LogP contribution < -0.4 is 0 Å². The number of aliphatic hydroxyl groups is 1. The van der Waals surface area contributed by atoms with Gasteiger partial charge in [0.25, 0.3) is 0 Å². The lowest BCUT2D eigenvalue weighted by atomic mass is 9.94. The van der Waals surface area contributed by atoms with Crippen LogP contribution in [0.2, 0.25) is 0 Å². The summed E-state index contributed by atoms with van der Waals surface area (Å²) >= 11 is 0. The zero-order valence-electron chi connectivity index (χ0n) is 16.7. The molecule has 142 valence electrons. The molecule has 0 radical (unpaired) electrons. The van der Waals surface area contributed by atoms with E-state index in [4.69, 9.17) is 0 Å². The number of nitrogens with zero attached hydrogens (tertiary/aromatic N) is 1. The van der Waals surface area contributed by atoms with Crippen molar-refractivity contribution in [3.05, 3.63) is 42.0 Å². The van der Waals surface area contributed by atoms with Gasteiger partial charge in [0.2, 0.25) is 0 Å². The lowest BCUT2D eigenvalue weighted by Crippen LogP contribution is -2.40. The number of aliphatic hydroxyl groups excluding tert-OH is 1. The van der Waals surface area contributed by atoms with Crippen molar-refractivity contribution in [2.24, 2.45) is 11.8 Å². The summed E-state index contributed by atoms with van der Waals surface area (Å²) in [6.45, 7) is 6.82. The van der Waals surface area contributed by atoms with Gasteiger partial charge in [-0.2, -0.15) is 0 Å². The fourth-order valence-corrected chi connectivity index (χ4v) is 3.20. The highest BCUT2D eigenvalue weighted by Gasteiger charge is 2.21. The lowest BCUT2D eigenvalue weighted by molar-refractivity contribution is 0.0699. The topological polar surface area (TPSA) is 43.7 Å². The van der Waals surface area contributed by atoms with Gasteiger partial charge in [-0.05, 0) is 69.3 Å². The predicted molar refractivity (Wildman–Crippen MR) is 107 cm³/mol. The minimum atomic E-state index is -0.363. The van der Waals surface area contributed by atoms with Crippen molar-refractivity contribution in [3.63, 3.8) is 0 Å². The van der Waals surface area contributed by atoms with Crippen molar-refractivity contribution < 1.29 is 10.2 Å². The van der Waals surface area contributed by atoms with E-state index in [1.807, 2.05) is 26.2 Å². The highest BCUT2D eigenvalue weighted by molar-refractivity contribution is 5.26. The summed E-state index contributed by atoms with van der Waals surface area (Å²) in [5.74, 6) is 1.66. The molecule has 0 aliphatic carbocycles. The zero-order valence-corrected chi connectivity index (χ0v) is 16.7. The molecule has 0 spiro atoms. The van der Waals surface area contributed by atoms with Gasteiger partial charge in [0.1, 0.15) is 5.75 Å². The average molecular weight is 348 g/mol. The smallest absolute Gasteiger partial charge is 0.115 e. The first-order valence-electron chi connectivity index (χ1n) is 9.62. The first-order valence-corrected chi connectivity index (χ1v) is 9.62. The van der Waals surface area contributed by atoms with E-state index in [0.29, 0.717) is 5.92 Å². The minimum Gasteiger partial charge on any atom is -0.508 e. The van der Waals surface area contributed by atoms with Crippen LogP contribution in [0.5, 0.6) is 5.75 Å². The molecular weight excluding hydrogens is 310 g/mol. The highest BCUT2D eigenvalue weighted by Crippen LogP contribution is 2.18. The number of phenols is 1. The van der Waals surface area contributed by atoms with Crippen LogP contribution in [0.25, 0.3) is 0 Å². The molecule has 0 aromatic heterocycles. The fraction of sp³-hybridized carbons (Fsp3) is 0.636. The Morgan fingerprint density at radius 2 is 1.76 bits per heavy atom. The van der Waals surface area contributed by atoms with E-state index in [-0.39, 0.29) is 17.9 Å². The second-order valence-electron chi connectivity index (χ2n) is 7.70. The molecule has 0 saturated carbocycles. The Hall–Kier alpha value is -1.32. The second kappa shape index (κ2) is 11.3. The van der Waals surface area contributed by atoms with Gasteiger partial charge in [-0.1, -0.05) is 51.5 Å². The molecule has 0 unspecified atom stereocenters. The zero-order chi connectivity index (χ0) is 18.8. The first-order chi connectivity index (χ1) is 11.8. The standard InChI is InChI=1S/C22H37NO2/c1-6-17(2)15-18(3)9-7-8-10-22(25)21(23(4)5)16-19-11-13-20(24)14-12-19/h7,9,11-14,17-18,21-22,24-25H,6,8,10,15-16H2,1-5H3/b9-7-/t17-,18+,21+,22-/m1/s1. The van der Waals surface area contributed by atoms with Crippen LogP contribution in [0.15, 0.2) is 36.4 Å². The molecule has 25 heavy (non-hydrogen) atoms. The number of hydrogen-bond acceptors (Lipinski definition) is 3. The number of allylic oxidation sites excluding steroid dienone is 2. The third-order valence-corrected chi connectivity index (χ3v) is 5.05. The third kappa shape index (κ3) is 8.55. The Bertz CT molecular complexity index is 495. The molecule has 1 aromatic rings. The molecule has 0 bridgehead atoms. The monoisotopic (exact) mass is 347 g/mol. The third-order valence-electron chi connectivity index (χ3n) is 5.05. The average Bonchev–Trinajstić information content (AvgIpc) is 2.57. The Balaban J connectivity index is 2.48. The van der Waals surface area contributed by atoms with Crippen molar-refractivity contribution in [2.45, 2.75) is 65.0 Å². The first kappa shape index (κ1) is 21.7. The van der Waals surface area contributed by atoms with Crippen molar-refractivity contribution in [2.75, 3.05) is 14.1 Å². The number of phenolic OH excluding ortho intramolecular Hbond substituents is 1. The van der Waals surface area contributed by atoms with Crippen molar-refractivity contribution in [3.8, 4) is 5.75 Å². The van der Waals surface area contributed by atoms with Crippen LogP contribution in [0.3, 0.4) is 0 Å².